The molecule has 1 aliphatic rings. The zero-order valence-corrected chi connectivity index (χ0v) is 15.5. The molecule has 0 aliphatic carbocycles. The first-order chi connectivity index (χ1) is 11.2. The van der Waals surface area contributed by atoms with Gasteiger partial charge in [-0.25, -0.2) is 4.98 Å². The summed E-state index contributed by atoms with van der Waals surface area (Å²) >= 11 is 0. The summed E-state index contributed by atoms with van der Waals surface area (Å²) in [5.74, 6) is 0.973. The Morgan fingerprint density at radius 1 is 1.08 bits per heavy atom. The summed E-state index contributed by atoms with van der Waals surface area (Å²) in [5, 5.41) is 0. The van der Waals surface area contributed by atoms with Crippen molar-refractivity contribution in [3.05, 3.63) is 54.5 Å². The van der Waals surface area contributed by atoms with Gasteiger partial charge in [-0.15, -0.1) is 24.8 Å². The Bertz CT molecular complexity index is 636. The van der Waals surface area contributed by atoms with Crippen LogP contribution >= 0.6 is 24.8 Å². The van der Waals surface area contributed by atoms with Crippen LogP contribution in [-0.2, 0) is 4.79 Å². The minimum absolute atomic E-state index is 0. The lowest BCUT2D eigenvalue weighted by Crippen LogP contribution is -2.49. The molecule has 6 nitrogen and oxygen atoms in total. The average Bonchev–Trinajstić information content (AvgIpc) is 2.63. The van der Waals surface area contributed by atoms with Crippen molar-refractivity contribution in [3.8, 4) is 0 Å². The third kappa shape index (κ3) is 5.56. The maximum atomic E-state index is 12.4. The lowest BCUT2D eigenvalue weighted by atomic mass is 10.0. The second kappa shape index (κ2) is 10.2. The fraction of sp³-hybridized carbons (Fsp3) is 0.353. The molecule has 1 aromatic carbocycles. The molecule has 1 aliphatic heterocycles. The summed E-state index contributed by atoms with van der Waals surface area (Å²) < 4.78 is 0. The van der Waals surface area contributed by atoms with E-state index in [1.807, 2.05) is 35.2 Å². The molecule has 1 saturated heterocycles. The molecule has 0 spiro atoms. The van der Waals surface area contributed by atoms with E-state index in [9.17, 15) is 4.79 Å². The third-order valence-electron chi connectivity index (χ3n) is 4.13. The van der Waals surface area contributed by atoms with Crippen LogP contribution in [0.4, 0.5) is 5.82 Å². The van der Waals surface area contributed by atoms with Gasteiger partial charge in [0.2, 0.25) is 5.91 Å². The van der Waals surface area contributed by atoms with E-state index >= 15 is 0 Å². The Balaban J connectivity index is 0.00000156. The van der Waals surface area contributed by atoms with E-state index in [0.29, 0.717) is 19.5 Å². The normalized spacial score (nSPS) is 14.9. The van der Waals surface area contributed by atoms with Gasteiger partial charge >= 0.3 is 0 Å². The van der Waals surface area contributed by atoms with Gasteiger partial charge in [0.05, 0.1) is 6.20 Å². The Kier molecular flexibility index (Phi) is 8.61. The van der Waals surface area contributed by atoms with Crippen LogP contribution in [0.2, 0.25) is 0 Å². The predicted octanol–water partition coefficient (Wildman–Crippen LogP) is 2.06. The molecule has 1 amide bonds. The van der Waals surface area contributed by atoms with E-state index < -0.39 is 0 Å². The van der Waals surface area contributed by atoms with Crippen LogP contribution in [-0.4, -0.2) is 47.0 Å². The number of nitrogens with zero attached hydrogens (tertiary/aromatic N) is 4. The van der Waals surface area contributed by atoms with E-state index in [4.69, 9.17) is 5.73 Å². The van der Waals surface area contributed by atoms with Crippen LogP contribution in [0.15, 0.2) is 48.9 Å². The van der Waals surface area contributed by atoms with Crippen LogP contribution in [0.3, 0.4) is 0 Å². The van der Waals surface area contributed by atoms with Crippen molar-refractivity contribution in [1.82, 2.24) is 14.9 Å². The van der Waals surface area contributed by atoms with Crippen molar-refractivity contribution in [2.45, 2.75) is 12.5 Å². The molecule has 0 saturated carbocycles. The fourth-order valence-electron chi connectivity index (χ4n) is 2.77. The first-order valence-electron chi connectivity index (χ1n) is 7.83. The molecule has 0 radical (unpaired) electrons. The molecule has 1 aromatic heterocycles. The number of anilines is 1. The van der Waals surface area contributed by atoms with E-state index in [0.717, 1.165) is 24.5 Å². The summed E-state index contributed by atoms with van der Waals surface area (Å²) in [6.07, 6.45) is 5.44. The average molecular weight is 384 g/mol. The molecule has 25 heavy (non-hydrogen) atoms. The van der Waals surface area contributed by atoms with Crippen molar-refractivity contribution in [3.63, 3.8) is 0 Å². The number of carbonyl (C=O) groups is 1. The number of aromatic nitrogens is 2. The highest BCUT2D eigenvalue weighted by molar-refractivity contribution is 5.85. The number of amides is 1. The van der Waals surface area contributed by atoms with Crippen molar-refractivity contribution in [1.29, 1.82) is 0 Å². The van der Waals surface area contributed by atoms with Gasteiger partial charge in [-0.1, -0.05) is 30.3 Å². The number of rotatable bonds is 4. The zero-order chi connectivity index (χ0) is 16.1. The Morgan fingerprint density at radius 3 is 2.36 bits per heavy atom. The van der Waals surface area contributed by atoms with Crippen LogP contribution in [0, 0.1) is 0 Å². The van der Waals surface area contributed by atoms with E-state index in [2.05, 4.69) is 14.9 Å². The van der Waals surface area contributed by atoms with Gasteiger partial charge in [0.1, 0.15) is 5.82 Å². The smallest absolute Gasteiger partial charge is 0.224 e. The molecule has 1 unspecified atom stereocenters. The van der Waals surface area contributed by atoms with Gasteiger partial charge in [0.25, 0.3) is 0 Å². The molecule has 8 heteroatoms. The zero-order valence-electron chi connectivity index (χ0n) is 13.8. The second-order valence-electron chi connectivity index (χ2n) is 5.65. The SMILES string of the molecule is Cl.Cl.NC(CC(=O)N1CCN(c2cnccn2)CC1)c1ccccc1. The highest BCUT2D eigenvalue weighted by Crippen LogP contribution is 2.17. The van der Waals surface area contributed by atoms with E-state index in [-0.39, 0.29) is 36.8 Å². The molecular weight excluding hydrogens is 361 g/mol. The van der Waals surface area contributed by atoms with E-state index in [1.54, 1.807) is 18.6 Å². The molecular formula is C17H23Cl2N5O. The summed E-state index contributed by atoms with van der Waals surface area (Å²) in [7, 11) is 0. The standard InChI is InChI=1S/C17H21N5O.2ClH/c18-15(14-4-2-1-3-5-14)12-17(23)22-10-8-21(9-11-22)16-13-19-6-7-20-16;;/h1-7,13,15H,8-12,18H2;2*1H. The minimum Gasteiger partial charge on any atom is -0.352 e. The maximum Gasteiger partial charge on any atom is 0.224 e. The second-order valence-corrected chi connectivity index (χ2v) is 5.65. The van der Waals surface area contributed by atoms with Gasteiger partial charge in [-0.3, -0.25) is 9.78 Å². The molecule has 1 fully saturated rings. The molecule has 3 rings (SSSR count). The Hall–Kier alpha value is -1.89. The topological polar surface area (TPSA) is 75.4 Å². The number of hydrogen-bond donors (Lipinski definition) is 1. The first-order valence-corrected chi connectivity index (χ1v) is 7.83. The van der Waals surface area contributed by atoms with Crippen LogP contribution < -0.4 is 10.6 Å². The number of halogens is 2. The maximum absolute atomic E-state index is 12.4. The van der Waals surface area contributed by atoms with Gasteiger partial charge in [-0.05, 0) is 5.56 Å². The molecule has 136 valence electrons. The molecule has 2 aromatic rings. The van der Waals surface area contributed by atoms with Crippen molar-refractivity contribution in [2.75, 3.05) is 31.1 Å². The molecule has 2 N–H and O–H groups in total. The van der Waals surface area contributed by atoms with Crippen molar-refractivity contribution in [2.24, 2.45) is 5.73 Å². The summed E-state index contributed by atoms with van der Waals surface area (Å²) in [6.45, 7) is 2.92. The van der Waals surface area contributed by atoms with Crippen LogP contribution in [0.5, 0.6) is 0 Å². The molecule has 0 bridgehead atoms. The summed E-state index contributed by atoms with van der Waals surface area (Å²) in [5.41, 5.74) is 7.14. The lowest BCUT2D eigenvalue weighted by Gasteiger charge is -2.35. The summed E-state index contributed by atoms with van der Waals surface area (Å²) in [4.78, 5) is 24.8. The van der Waals surface area contributed by atoms with E-state index in [1.165, 1.54) is 0 Å². The number of carbonyl (C=O) groups excluding carboxylic acids is 1. The highest BCUT2D eigenvalue weighted by Gasteiger charge is 2.23. The van der Waals surface area contributed by atoms with Gasteiger partial charge < -0.3 is 15.5 Å². The lowest BCUT2D eigenvalue weighted by molar-refractivity contribution is -0.131. The highest BCUT2D eigenvalue weighted by atomic mass is 35.5. The van der Waals surface area contributed by atoms with Gasteiger partial charge in [0.15, 0.2) is 0 Å². The number of nitrogens with two attached hydrogens (primary N) is 1. The fourth-order valence-corrected chi connectivity index (χ4v) is 2.77. The number of hydrogen-bond acceptors (Lipinski definition) is 5. The Labute approximate surface area is 160 Å². The molecule has 1 atom stereocenters. The molecule has 2 heterocycles. The first kappa shape index (κ1) is 21.2. The number of benzene rings is 1. The van der Waals surface area contributed by atoms with Crippen LogP contribution in [0.1, 0.15) is 18.0 Å². The third-order valence-corrected chi connectivity index (χ3v) is 4.13. The Morgan fingerprint density at radius 2 is 1.76 bits per heavy atom. The largest absolute Gasteiger partial charge is 0.352 e. The van der Waals surface area contributed by atoms with Crippen molar-refractivity contribution < 1.29 is 4.79 Å². The van der Waals surface area contributed by atoms with Crippen molar-refractivity contribution >= 4 is 36.5 Å². The quantitative estimate of drug-likeness (QED) is 0.874. The summed E-state index contributed by atoms with van der Waals surface area (Å²) in [6, 6.07) is 9.51. The monoisotopic (exact) mass is 383 g/mol. The predicted molar refractivity (Wildman–Crippen MR) is 103 cm³/mol. The minimum atomic E-state index is -0.248. The van der Waals surface area contributed by atoms with Crippen LogP contribution in [0.25, 0.3) is 0 Å². The van der Waals surface area contributed by atoms with Gasteiger partial charge in [0, 0.05) is 51.0 Å². The van der Waals surface area contributed by atoms with Gasteiger partial charge in [-0.2, -0.15) is 0 Å². The number of piperazine rings is 1.